The van der Waals surface area contributed by atoms with Crippen LogP contribution in [0.5, 0.6) is 0 Å². The van der Waals surface area contributed by atoms with Gasteiger partial charge in [0.25, 0.3) is 0 Å². The Morgan fingerprint density at radius 1 is 1.07 bits per heavy atom. The molecule has 0 fully saturated rings. The fourth-order valence-corrected chi connectivity index (χ4v) is 3.28. The summed E-state index contributed by atoms with van der Waals surface area (Å²) in [6.07, 6.45) is 1.49. The first-order chi connectivity index (χ1) is 14.5. The maximum atomic E-state index is 12.4. The molecule has 0 radical (unpaired) electrons. The SMILES string of the molecule is C[C@H](C[C@@H](Cc1ccc(-c2ccccc2)cc1)NC(=O)CCc1nn[nH]n1)C(=O)O. The van der Waals surface area contributed by atoms with Gasteiger partial charge >= 0.3 is 5.97 Å². The lowest BCUT2D eigenvalue weighted by Gasteiger charge is -2.21. The molecule has 156 valence electrons. The minimum Gasteiger partial charge on any atom is -0.481 e. The van der Waals surface area contributed by atoms with E-state index in [4.69, 9.17) is 0 Å². The number of rotatable bonds is 10. The van der Waals surface area contributed by atoms with Crippen molar-refractivity contribution in [1.29, 1.82) is 0 Å². The van der Waals surface area contributed by atoms with E-state index < -0.39 is 11.9 Å². The summed E-state index contributed by atoms with van der Waals surface area (Å²) >= 11 is 0. The van der Waals surface area contributed by atoms with Gasteiger partial charge in [-0.25, -0.2) is 0 Å². The Kier molecular flexibility index (Phi) is 7.26. The van der Waals surface area contributed by atoms with Gasteiger partial charge < -0.3 is 10.4 Å². The van der Waals surface area contributed by atoms with Crippen molar-refractivity contribution in [2.45, 2.75) is 38.6 Å². The molecule has 8 nitrogen and oxygen atoms in total. The maximum absolute atomic E-state index is 12.4. The summed E-state index contributed by atoms with van der Waals surface area (Å²) in [7, 11) is 0. The van der Waals surface area contributed by atoms with Crippen LogP contribution in [-0.2, 0) is 22.4 Å². The Labute approximate surface area is 174 Å². The van der Waals surface area contributed by atoms with E-state index >= 15 is 0 Å². The van der Waals surface area contributed by atoms with Crippen LogP contribution in [0, 0.1) is 5.92 Å². The second-order valence-electron chi connectivity index (χ2n) is 7.33. The van der Waals surface area contributed by atoms with E-state index in [1.807, 2.05) is 42.5 Å². The van der Waals surface area contributed by atoms with E-state index in [-0.39, 0.29) is 18.4 Å². The molecule has 1 heterocycles. The number of hydrogen-bond acceptors (Lipinski definition) is 5. The molecule has 0 bridgehead atoms. The Hall–Kier alpha value is -3.55. The number of carboxylic acids is 1. The molecule has 2 atom stereocenters. The van der Waals surface area contributed by atoms with Crippen molar-refractivity contribution < 1.29 is 14.7 Å². The number of aromatic nitrogens is 4. The van der Waals surface area contributed by atoms with Gasteiger partial charge in [0.2, 0.25) is 5.91 Å². The van der Waals surface area contributed by atoms with Crippen molar-refractivity contribution in [3.8, 4) is 11.1 Å². The lowest BCUT2D eigenvalue weighted by Crippen LogP contribution is -2.38. The fraction of sp³-hybridized carbons (Fsp3) is 0.318. The van der Waals surface area contributed by atoms with E-state index in [1.165, 1.54) is 0 Å². The van der Waals surface area contributed by atoms with E-state index in [0.717, 1.165) is 16.7 Å². The van der Waals surface area contributed by atoms with Crippen molar-refractivity contribution in [2.75, 3.05) is 0 Å². The summed E-state index contributed by atoms with van der Waals surface area (Å²) in [5.41, 5.74) is 3.28. The monoisotopic (exact) mass is 407 g/mol. The first-order valence-electron chi connectivity index (χ1n) is 9.90. The van der Waals surface area contributed by atoms with Crippen LogP contribution in [0.25, 0.3) is 11.1 Å². The van der Waals surface area contributed by atoms with E-state index in [9.17, 15) is 14.7 Å². The molecule has 0 saturated heterocycles. The topological polar surface area (TPSA) is 121 Å². The minimum atomic E-state index is -0.875. The van der Waals surface area contributed by atoms with Gasteiger partial charge in [0, 0.05) is 18.9 Å². The van der Waals surface area contributed by atoms with Crippen molar-refractivity contribution >= 4 is 11.9 Å². The van der Waals surface area contributed by atoms with Crippen molar-refractivity contribution in [3.63, 3.8) is 0 Å². The highest BCUT2D eigenvalue weighted by atomic mass is 16.4. The number of nitrogens with one attached hydrogen (secondary N) is 2. The van der Waals surface area contributed by atoms with E-state index in [1.54, 1.807) is 6.92 Å². The maximum Gasteiger partial charge on any atom is 0.306 e. The molecular formula is C22H25N5O3. The molecule has 0 aliphatic carbocycles. The Morgan fingerprint density at radius 2 is 1.77 bits per heavy atom. The molecule has 3 aromatic rings. The largest absolute Gasteiger partial charge is 0.481 e. The quantitative estimate of drug-likeness (QED) is 0.475. The lowest BCUT2D eigenvalue weighted by molar-refractivity contribution is -0.141. The number of nitrogens with zero attached hydrogens (tertiary/aromatic N) is 3. The Bertz CT molecular complexity index is 943. The highest BCUT2D eigenvalue weighted by Gasteiger charge is 2.20. The first kappa shape index (κ1) is 21.2. The molecular weight excluding hydrogens is 382 g/mol. The average molecular weight is 407 g/mol. The summed E-state index contributed by atoms with van der Waals surface area (Å²) in [4.78, 5) is 23.7. The number of aromatic amines is 1. The number of tetrazole rings is 1. The average Bonchev–Trinajstić information content (AvgIpc) is 3.27. The van der Waals surface area contributed by atoms with Gasteiger partial charge in [-0.2, -0.15) is 5.21 Å². The van der Waals surface area contributed by atoms with Gasteiger partial charge in [0.1, 0.15) is 0 Å². The zero-order valence-electron chi connectivity index (χ0n) is 16.8. The van der Waals surface area contributed by atoms with Crippen LogP contribution in [0.4, 0.5) is 0 Å². The van der Waals surface area contributed by atoms with Gasteiger partial charge in [0.05, 0.1) is 5.92 Å². The number of benzene rings is 2. The van der Waals surface area contributed by atoms with Crippen molar-refractivity contribution in [3.05, 3.63) is 66.0 Å². The minimum absolute atomic E-state index is 0.164. The number of amides is 1. The number of aliphatic carboxylic acids is 1. The molecule has 1 amide bonds. The summed E-state index contributed by atoms with van der Waals surface area (Å²) in [6, 6.07) is 17.9. The van der Waals surface area contributed by atoms with E-state index in [2.05, 4.69) is 38.1 Å². The number of aryl methyl sites for hydroxylation is 1. The number of carbonyl (C=O) groups excluding carboxylic acids is 1. The third-order valence-electron chi connectivity index (χ3n) is 4.93. The zero-order chi connectivity index (χ0) is 21.3. The van der Waals surface area contributed by atoms with Gasteiger partial charge in [-0.05, 0) is 29.5 Å². The third kappa shape index (κ3) is 6.23. The molecule has 0 saturated carbocycles. The highest BCUT2D eigenvalue weighted by molar-refractivity contribution is 5.76. The summed E-state index contributed by atoms with van der Waals surface area (Å²) in [5.74, 6) is -1.13. The third-order valence-corrected chi connectivity index (χ3v) is 4.93. The smallest absolute Gasteiger partial charge is 0.306 e. The Balaban J connectivity index is 1.64. The Morgan fingerprint density at radius 3 is 2.40 bits per heavy atom. The second kappa shape index (κ2) is 10.3. The zero-order valence-corrected chi connectivity index (χ0v) is 16.8. The number of hydrogen-bond donors (Lipinski definition) is 3. The summed E-state index contributed by atoms with van der Waals surface area (Å²) in [6.45, 7) is 1.65. The van der Waals surface area contributed by atoms with Gasteiger partial charge in [-0.1, -0.05) is 66.7 Å². The molecule has 8 heteroatoms. The molecule has 0 unspecified atom stereocenters. The van der Waals surface area contributed by atoms with Crippen LogP contribution < -0.4 is 5.32 Å². The fourth-order valence-electron chi connectivity index (χ4n) is 3.28. The highest BCUT2D eigenvalue weighted by Crippen LogP contribution is 2.20. The predicted octanol–water partition coefficient (Wildman–Crippen LogP) is 2.64. The second-order valence-corrected chi connectivity index (χ2v) is 7.33. The van der Waals surface area contributed by atoms with Crippen molar-refractivity contribution in [2.24, 2.45) is 5.92 Å². The molecule has 0 aliphatic rings. The van der Waals surface area contributed by atoms with Crippen LogP contribution in [0.3, 0.4) is 0 Å². The van der Waals surface area contributed by atoms with Gasteiger partial charge in [-0.15, -0.1) is 10.2 Å². The van der Waals surface area contributed by atoms with Gasteiger partial charge in [0.15, 0.2) is 5.82 Å². The number of carboxylic acid groups (broad SMARTS) is 1. The van der Waals surface area contributed by atoms with Gasteiger partial charge in [-0.3, -0.25) is 9.59 Å². The molecule has 30 heavy (non-hydrogen) atoms. The molecule has 0 spiro atoms. The molecule has 2 aromatic carbocycles. The molecule has 0 aliphatic heterocycles. The molecule has 1 aromatic heterocycles. The lowest BCUT2D eigenvalue weighted by atomic mass is 9.95. The van der Waals surface area contributed by atoms with Crippen LogP contribution in [0.15, 0.2) is 54.6 Å². The summed E-state index contributed by atoms with van der Waals surface area (Å²) < 4.78 is 0. The predicted molar refractivity (Wildman–Crippen MR) is 111 cm³/mol. The van der Waals surface area contributed by atoms with Crippen LogP contribution >= 0.6 is 0 Å². The number of H-pyrrole nitrogens is 1. The normalized spacial score (nSPS) is 12.8. The first-order valence-corrected chi connectivity index (χ1v) is 9.90. The van der Waals surface area contributed by atoms with E-state index in [0.29, 0.717) is 25.1 Å². The molecule has 3 rings (SSSR count). The van der Waals surface area contributed by atoms with Crippen LogP contribution in [0.1, 0.15) is 31.2 Å². The summed E-state index contributed by atoms with van der Waals surface area (Å²) in [5, 5.41) is 25.7. The number of carbonyl (C=O) groups is 2. The van der Waals surface area contributed by atoms with Crippen LogP contribution in [0.2, 0.25) is 0 Å². The molecule has 3 N–H and O–H groups in total. The standard InChI is InChI=1S/C22H25N5O3/c1-15(22(29)30)13-19(23-21(28)12-11-20-24-26-27-25-20)14-16-7-9-18(10-8-16)17-5-3-2-4-6-17/h2-10,15,19H,11-14H2,1H3,(H,23,28)(H,29,30)(H,24,25,26,27)/t15-,19+/m1/s1. The van der Waals surface area contributed by atoms with Crippen molar-refractivity contribution in [1.82, 2.24) is 25.9 Å². The van der Waals surface area contributed by atoms with Crippen LogP contribution in [-0.4, -0.2) is 43.6 Å².